The number of nitrogens with two attached hydrogens (primary N) is 1. The van der Waals surface area contributed by atoms with Crippen molar-refractivity contribution in [1.82, 2.24) is 4.90 Å². The summed E-state index contributed by atoms with van der Waals surface area (Å²) in [6, 6.07) is 0.0136. The molecule has 1 saturated carbocycles. The second kappa shape index (κ2) is 4.94. The molecule has 4 heteroatoms. The number of nitrogens with zero attached hydrogens (tertiary/aromatic N) is 1. The summed E-state index contributed by atoms with van der Waals surface area (Å²) in [7, 11) is 0. The van der Waals surface area contributed by atoms with Crippen LogP contribution >= 0.6 is 0 Å². The average Bonchev–Trinajstić information content (AvgIpc) is 2.56. The Kier molecular flexibility index (Phi) is 3.73. The molecule has 0 aromatic rings. The topological polar surface area (TPSA) is 66.6 Å². The van der Waals surface area contributed by atoms with E-state index in [1.54, 1.807) is 0 Å². The fourth-order valence-corrected chi connectivity index (χ4v) is 3.37. The van der Waals surface area contributed by atoms with Crippen molar-refractivity contribution in [3.8, 4) is 0 Å². The first-order valence-electron chi connectivity index (χ1n) is 6.76. The standard InChI is InChI=1S/C13H24N2O2/c1-13(12(16)17)7-11(14)9-15(13)8-10-5-3-2-4-6-10/h10-11H,2-9,14H2,1H3,(H,16,17)/t11-,13+/m1/s1. The molecule has 0 aromatic carbocycles. The van der Waals surface area contributed by atoms with Crippen LogP contribution < -0.4 is 5.73 Å². The van der Waals surface area contributed by atoms with Crippen LogP contribution in [0.2, 0.25) is 0 Å². The van der Waals surface area contributed by atoms with Gasteiger partial charge in [0.15, 0.2) is 0 Å². The third-order valence-electron chi connectivity index (χ3n) is 4.48. The SMILES string of the molecule is C[C@@]1(C(=O)O)C[C@@H](N)CN1CC1CCCCC1. The van der Waals surface area contributed by atoms with Crippen molar-refractivity contribution < 1.29 is 9.90 Å². The van der Waals surface area contributed by atoms with Crippen molar-refractivity contribution in [3.05, 3.63) is 0 Å². The molecule has 4 nitrogen and oxygen atoms in total. The van der Waals surface area contributed by atoms with E-state index in [-0.39, 0.29) is 6.04 Å². The number of aliphatic carboxylic acids is 1. The molecule has 0 radical (unpaired) electrons. The molecule has 0 aromatic heterocycles. The third-order valence-corrected chi connectivity index (χ3v) is 4.48. The van der Waals surface area contributed by atoms with Gasteiger partial charge in [-0.2, -0.15) is 0 Å². The van der Waals surface area contributed by atoms with Gasteiger partial charge in [-0.15, -0.1) is 0 Å². The van der Waals surface area contributed by atoms with E-state index in [9.17, 15) is 9.90 Å². The predicted molar refractivity (Wildman–Crippen MR) is 66.8 cm³/mol. The van der Waals surface area contributed by atoms with E-state index in [1.165, 1.54) is 32.1 Å². The van der Waals surface area contributed by atoms with Crippen LogP contribution in [0.1, 0.15) is 45.4 Å². The van der Waals surface area contributed by atoms with Crippen LogP contribution in [0, 0.1) is 5.92 Å². The van der Waals surface area contributed by atoms with Gasteiger partial charge in [0.1, 0.15) is 5.54 Å². The Balaban J connectivity index is 2.00. The maximum Gasteiger partial charge on any atom is 0.323 e. The highest BCUT2D eigenvalue weighted by Gasteiger charge is 2.47. The zero-order valence-corrected chi connectivity index (χ0v) is 10.7. The molecule has 1 saturated heterocycles. The largest absolute Gasteiger partial charge is 0.480 e. The number of likely N-dealkylation sites (tertiary alicyclic amines) is 1. The van der Waals surface area contributed by atoms with Crippen LogP contribution in [0.5, 0.6) is 0 Å². The first-order valence-corrected chi connectivity index (χ1v) is 6.76. The highest BCUT2D eigenvalue weighted by molar-refractivity contribution is 5.78. The van der Waals surface area contributed by atoms with Crippen molar-refractivity contribution in [2.24, 2.45) is 11.7 Å². The molecule has 2 aliphatic rings. The van der Waals surface area contributed by atoms with Gasteiger partial charge in [-0.05, 0) is 32.1 Å². The summed E-state index contributed by atoms with van der Waals surface area (Å²) in [5.74, 6) is -0.0472. The van der Waals surface area contributed by atoms with Gasteiger partial charge in [0.25, 0.3) is 0 Å². The van der Waals surface area contributed by atoms with Crippen molar-refractivity contribution in [3.63, 3.8) is 0 Å². The Labute approximate surface area is 103 Å². The number of hydrogen-bond donors (Lipinski definition) is 2. The maximum absolute atomic E-state index is 11.4. The Bertz CT molecular complexity index is 289. The molecule has 1 heterocycles. The zero-order valence-electron chi connectivity index (χ0n) is 10.7. The molecule has 0 amide bonds. The monoisotopic (exact) mass is 240 g/mol. The number of rotatable bonds is 3. The van der Waals surface area contributed by atoms with Crippen LogP contribution in [0.3, 0.4) is 0 Å². The number of hydrogen-bond acceptors (Lipinski definition) is 3. The fraction of sp³-hybridized carbons (Fsp3) is 0.923. The summed E-state index contributed by atoms with van der Waals surface area (Å²) in [5.41, 5.74) is 5.20. The van der Waals surface area contributed by atoms with Crippen LogP contribution in [0.4, 0.5) is 0 Å². The number of carboxylic acid groups (broad SMARTS) is 1. The van der Waals surface area contributed by atoms with Gasteiger partial charge >= 0.3 is 5.97 Å². The second-order valence-electron chi connectivity index (χ2n) is 5.95. The first kappa shape index (κ1) is 12.8. The normalized spacial score (nSPS) is 36.2. The first-order chi connectivity index (χ1) is 8.02. The molecule has 17 heavy (non-hydrogen) atoms. The quantitative estimate of drug-likeness (QED) is 0.783. The van der Waals surface area contributed by atoms with Crippen LogP contribution in [0.15, 0.2) is 0 Å². The smallest absolute Gasteiger partial charge is 0.323 e. The molecular weight excluding hydrogens is 216 g/mol. The molecule has 3 N–H and O–H groups in total. The average molecular weight is 240 g/mol. The van der Waals surface area contributed by atoms with E-state index in [0.717, 1.165) is 13.1 Å². The Morgan fingerprint density at radius 2 is 2.06 bits per heavy atom. The van der Waals surface area contributed by atoms with E-state index >= 15 is 0 Å². The Morgan fingerprint density at radius 1 is 1.41 bits per heavy atom. The van der Waals surface area contributed by atoms with E-state index in [2.05, 4.69) is 4.90 Å². The van der Waals surface area contributed by atoms with Gasteiger partial charge in [0.05, 0.1) is 0 Å². The van der Waals surface area contributed by atoms with E-state index in [4.69, 9.17) is 5.73 Å². The minimum absolute atomic E-state index is 0.0136. The highest BCUT2D eigenvalue weighted by Crippen LogP contribution is 2.32. The van der Waals surface area contributed by atoms with Crippen molar-refractivity contribution in [2.75, 3.05) is 13.1 Å². The van der Waals surface area contributed by atoms with Gasteiger partial charge < -0.3 is 10.8 Å². The molecule has 0 unspecified atom stereocenters. The van der Waals surface area contributed by atoms with Crippen LogP contribution in [-0.2, 0) is 4.79 Å². The van der Waals surface area contributed by atoms with Crippen molar-refractivity contribution >= 4 is 5.97 Å². The Morgan fingerprint density at radius 3 is 2.65 bits per heavy atom. The molecule has 2 atom stereocenters. The lowest BCUT2D eigenvalue weighted by Crippen LogP contribution is -2.49. The Hall–Kier alpha value is -0.610. The lowest BCUT2D eigenvalue weighted by Gasteiger charge is -2.35. The number of carbonyl (C=O) groups is 1. The molecule has 1 aliphatic carbocycles. The zero-order chi connectivity index (χ0) is 12.5. The molecule has 98 valence electrons. The third kappa shape index (κ3) is 2.63. The second-order valence-corrected chi connectivity index (χ2v) is 5.95. The van der Waals surface area contributed by atoms with E-state index < -0.39 is 11.5 Å². The molecule has 0 spiro atoms. The molecule has 2 rings (SSSR count). The number of carboxylic acids is 1. The lowest BCUT2D eigenvalue weighted by atomic mass is 9.88. The van der Waals surface area contributed by atoms with Gasteiger partial charge in [-0.25, -0.2) is 0 Å². The molecular formula is C13H24N2O2. The van der Waals surface area contributed by atoms with Gasteiger partial charge in [0.2, 0.25) is 0 Å². The predicted octanol–water partition coefficient (Wildman–Crippen LogP) is 1.44. The summed E-state index contributed by atoms with van der Waals surface area (Å²) >= 11 is 0. The van der Waals surface area contributed by atoms with Gasteiger partial charge in [-0.3, -0.25) is 9.69 Å². The minimum atomic E-state index is -0.739. The van der Waals surface area contributed by atoms with Crippen LogP contribution in [-0.4, -0.2) is 40.6 Å². The fourth-order valence-electron chi connectivity index (χ4n) is 3.37. The molecule has 2 fully saturated rings. The molecule has 0 bridgehead atoms. The van der Waals surface area contributed by atoms with Crippen LogP contribution in [0.25, 0.3) is 0 Å². The van der Waals surface area contributed by atoms with E-state index in [1.807, 2.05) is 6.92 Å². The lowest BCUT2D eigenvalue weighted by molar-refractivity contribution is -0.149. The molecule has 1 aliphatic heterocycles. The van der Waals surface area contributed by atoms with Gasteiger partial charge in [-0.1, -0.05) is 19.3 Å². The maximum atomic E-state index is 11.4. The van der Waals surface area contributed by atoms with Crippen molar-refractivity contribution in [1.29, 1.82) is 0 Å². The summed E-state index contributed by atoms with van der Waals surface area (Å²) in [6.45, 7) is 3.47. The summed E-state index contributed by atoms with van der Waals surface area (Å²) in [4.78, 5) is 13.5. The minimum Gasteiger partial charge on any atom is -0.480 e. The summed E-state index contributed by atoms with van der Waals surface area (Å²) < 4.78 is 0. The summed E-state index contributed by atoms with van der Waals surface area (Å²) in [5, 5.41) is 9.39. The summed E-state index contributed by atoms with van der Waals surface area (Å²) in [6.07, 6.45) is 7.02. The van der Waals surface area contributed by atoms with E-state index in [0.29, 0.717) is 12.3 Å². The van der Waals surface area contributed by atoms with Gasteiger partial charge in [0, 0.05) is 19.1 Å². The highest BCUT2D eigenvalue weighted by atomic mass is 16.4. The van der Waals surface area contributed by atoms with Crippen molar-refractivity contribution in [2.45, 2.75) is 57.0 Å².